The molecule has 2 heterocycles. The lowest BCUT2D eigenvalue weighted by Gasteiger charge is -2.17. The first kappa shape index (κ1) is 17.9. The molecule has 2 aliphatic heterocycles. The molecule has 0 saturated carbocycles. The predicted molar refractivity (Wildman–Crippen MR) is 109 cm³/mol. The molecule has 0 bridgehead atoms. The van der Waals surface area contributed by atoms with Crippen molar-refractivity contribution < 1.29 is 9.18 Å². The maximum Gasteiger partial charge on any atom is 0.206 e. The zero-order chi connectivity index (χ0) is 18.7. The molecule has 4 nitrogen and oxygen atoms in total. The minimum atomic E-state index is -0.507. The Labute approximate surface area is 171 Å². The molecule has 4 rings (SSSR count). The second-order valence-corrected chi connectivity index (χ2v) is 8.37. The number of guanidine groups is 1. The number of fused-ring (bicyclic) bond motifs is 3. The van der Waals surface area contributed by atoms with Crippen molar-refractivity contribution in [2.75, 3.05) is 23.4 Å². The summed E-state index contributed by atoms with van der Waals surface area (Å²) in [6.45, 7) is 2.85. The molecule has 0 radical (unpaired) electrons. The quantitative estimate of drug-likeness (QED) is 0.528. The first-order valence-electron chi connectivity index (χ1n) is 7.90. The lowest BCUT2D eigenvalue weighted by molar-refractivity contribution is 0.103. The van der Waals surface area contributed by atoms with Crippen LogP contribution in [0.25, 0.3) is 0 Å². The summed E-state index contributed by atoms with van der Waals surface area (Å²) in [7, 11) is 1.91. The van der Waals surface area contributed by atoms with Crippen molar-refractivity contribution in [3.05, 3.63) is 55.2 Å². The van der Waals surface area contributed by atoms with Crippen LogP contribution in [0.3, 0.4) is 0 Å². The van der Waals surface area contributed by atoms with Gasteiger partial charge in [0, 0.05) is 23.6 Å². The number of aliphatic imine (C=N–C) groups is 1. The molecule has 0 amide bonds. The normalized spacial score (nSPS) is 18.1. The first-order chi connectivity index (χ1) is 12.3. The predicted octanol–water partition coefficient (Wildman–Crippen LogP) is 5.25. The summed E-state index contributed by atoms with van der Waals surface area (Å²) in [5, 5.41) is 0.211. The second kappa shape index (κ2) is 6.32. The van der Waals surface area contributed by atoms with Crippen LogP contribution in [0, 0.1) is 5.82 Å². The molecule has 1 atom stereocenters. The topological polar surface area (TPSA) is 35.9 Å². The lowest BCUT2D eigenvalue weighted by atomic mass is 10.0. The van der Waals surface area contributed by atoms with Gasteiger partial charge < -0.3 is 9.80 Å². The molecule has 0 N–H and O–H groups in total. The van der Waals surface area contributed by atoms with E-state index in [1.165, 1.54) is 12.1 Å². The molecule has 0 fully saturated rings. The summed E-state index contributed by atoms with van der Waals surface area (Å²) in [5.74, 6) is -0.00689. The Balaban J connectivity index is 1.88. The Hall–Kier alpha value is -1.44. The van der Waals surface area contributed by atoms with Crippen molar-refractivity contribution in [2.24, 2.45) is 4.99 Å². The van der Waals surface area contributed by atoms with Crippen LogP contribution in [0.15, 0.2) is 38.2 Å². The van der Waals surface area contributed by atoms with E-state index < -0.39 is 5.82 Å². The number of ketones is 1. The zero-order valence-corrected chi connectivity index (χ0v) is 17.8. The van der Waals surface area contributed by atoms with Gasteiger partial charge in [-0.15, -0.1) is 0 Å². The molecule has 1 unspecified atom stereocenters. The fourth-order valence-corrected chi connectivity index (χ4v) is 5.29. The lowest BCUT2D eigenvalue weighted by Crippen LogP contribution is -2.32. The van der Waals surface area contributed by atoms with Gasteiger partial charge in [-0.1, -0.05) is 11.6 Å². The van der Waals surface area contributed by atoms with Gasteiger partial charge in [0.15, 0.2) is 5.78 Å². The van der Waals surface area contributed by atoms with Crippen LogP contribution < -0.4 is 9.80 Å². The number of anilines is 2. The van der Waals surface area contributed by atoms with Crippen LogP contribution in [0.1, 0.15) is 22.8 Å². The third-order valence-corrected chi connectivity index (χ3v) is 6.25. The van der Waals surface area contributed by atoms with Crippen LogP contribution in [-0.2, 0) is 0 Å². The van der Waals surface area contributed by atoms with Gasteiger partial charge >= 0.3 is 0 Å². The van der Waals surface area contributed by atoms with E-state index in [9.17, 15) is 9.18 Å². The maximum atomic E-state index is 13.6. The highest BCUT2D eigenvalue weighted by Crippen LogP contribution is 2.48. The van der Waals surface area contributed by atoms with E-state index >= 15 is 0 Å². The molecule has 0 aromatic heterocycles. The van der Waals surface area contributed by atoms with Gasteiger partial charge in [-0.2, -0.15) is 0 Å². The highest BCUT2D eigenvalue weighted by Gasteiger charge is 2.39. The van der Waals surface area contributed by atoms with Gasteiger partial charge in [0.25, 0.3) is 0 Å². The Kier molecular flexibility index (Phi) is 4.36. The van der Waals surface area contributed by atoms with Gasteiger partial charge in [0.1, 0.15) is 5.82 Å². The molecule has 26 heavy (non-hydrogen) atoms. The molecule has 2 aromatic carbocycles. The summed E-state index contributed by atoms with van der Waals surface area (Å²) in [5.41, 5.74) is 2.35. The minimum absolute atomic E-state index is 0.125. The largest absolute Gasteiger partial charge is 0.312 e. The highest BCUT2D eigenvalue weighted by molar-refractivity contribution is 9.11. The van der Waals surface area contributed by atoms with Crippen molar-refractivity contribution in [3.8, 4) is 0 Å². The average Bonchev–Trinajstić information content (AvgIpc) is 3.07. The fraction of sp³-hybridized carbons (Fsp3) is 0.222. The summed E-state index contributed by atoms with van der Waals surface area (Å²) >= 11 is 13.2. The number of benzene rings is 2. The van der Waals surface area contributed by atoms with Gasteiger partial charge in [-0.25, -0.2) is 9.38 Å². The smallest absolute Gasteiger partial charge is 0.206 e. The summed E-state index contributed by atoms with van der Waals surface area (Å²) < 4.78 is 14.9. The van der Waals surface area contributed by atoms with Crippen molar-refractivity contribution in [1.82, 2.24) is 0 Å². The van der Waals surface area contributed by atoms with E-state index in [0.717, 1.165) is 29.9 Å². The molecule has 8 heteroatoms. The van der Waals surface area contributed by atoms with Crippen LogP contribution in [0.5, 0.6) is 0 Å². The molecule has 0 aliphatic carbocycles. The van der Waals surface area contributed by atoms with Gasteiger partial charge in [0.05, 0.1) is 32.5 Å². The van der Waals surface area contributed by atoms with Gasteiger partial charge in [-0.05, 0) is 63.0 Å². The van der Waals surface area contributed by atoms with E-state index in [2.05, 4.69) is 48.7 Å². The molecule has 2 aliphatic rings. The summed E-state index contributed by atoms with van der Waals surface area (Å²) in [4.78, 5) is 21.8. The number of carbonyl (C=O) groups excluding carboxylic acids is 1. The Morgan fingerprint density at radius 3 is 2.81 bits per heavy atom. The number of nitrogens with zero attached hydrogens (tertiary/aromatic N) is 3. The van der Waals surface area contributed by atoms with E-state index in [0.29, 0.717) is 14.5 Å². The Morgan fingerprint density at radius 1 is 1.35 bits per heavy atom. The van der Waals surface area contributed by atoms with Crippen LogP contribution >= 0.6 is 43.5 Å². The fourth-order valence-electron chi connectivity index (χ4n) is 3.36. The molecule has 0 saturated heterocycles. The third-order valence-electron chi connectivity index (χ3n) is 4.52. The van der Waals surface area contributed by atoms with E-state index in [-0.39, 0.29) is 22.4 Å². The standard InChI is InChI=1S/C18H13Br2ClFN3O/c1-8-7-25-13-6-11(19)14(15(20)16(13)24(2)18(25)23-8)17(26)10-5-9(22)3-4-12(10)21/h3-6,8H,7H2,1-2H3. The number of carbonyl (C=O) groups is 1. The molecular weight excluding hydrogens is 488 g/mol. The van der Waals surface area contributed by atoms with Crippen LogP contribution in [-0.4, -0.2) is 31.4 Å². The average molecular weight is 502 g/mol. The van der Waals surface area contributed by atoms with Gasteiger partial charge in [-0.3, -0.25) is 4.79 Å². The Bertz CT molecular complexity index is 995. The summed E-state index contributed by atoms with van der Waals surface area (Å²) in [6, 6.07) is 5.89. The van der Waals surface area contributed by atoms with Crippen molar-refractivity contribution in [3.63, 3.8) is 0 Å². The van der Waals surface area contributed by atoms with Crippen LogP contribution in [0.2, 0.25) is 5.02 Å². The first-order valence-corrected chi connectivity index (χ1v) is 9.86. The number of halogens is 4. The van der Waals surface area contributed by atoms with Crippen molar-refractivity contribution >= 4 is 66.6 Å². The Morgan fingerprint density at radius 2 is 2.08 bits per heavy atom. The van der Waals surface area contributed by atoms with E-state index in [4.69, 9.17) is 11.6 Å². The second-order valence-electron chi connectivity index (χ2n) is 6.32. The van der Waals surface area contributed by atoms with Crippen molar-refractivity contribution in [1.29, 1.82) is 0 Å². The number of hydrogen-bond acceptors (Lipinski definition) is 4. The number of hydrogen-bond donors (Lipinski definition) is 0. The molecule has 0 spiro atoms. The van der Waals surface area contributed by atoms with E-state index in [1.807, 2.05) is 18.0 Å². The highest BCUT2D eigenvalue weighted by atomic mass is 79.9. The summed E-state index contributed by atoms with van der Waals surface area (Å²) in [6.07, 6.45) is 0. The molecule has 2 aromatic rings. The minimum Gasteiger partial charge on any atom is -0.312 e. The number of rotatable bonds is 2. The van der Waals surface area contributed by atoms with Crippen LogP contribution in [0.4, 0.5) is 15.8 Å². The maximum absolute atomic E-state index is 13.6. The SMILES string of the molecule is CC1CN2C(=N1)N(C)c1c2cc(Br)c(C(=O)c2cc(F)ccc2Cl)c1Br. The van der Waals surface area contributed by atoms with Crippen molar-refractivity contribution in [2.45, 2.75) is 13.0 Å². The van der Waals surface area contributed by atoms with E-state index in [1.54, 1.807) is 0 Å². The monoisotopic (exact) mass is 499 g/mol. The third kappa shape index (κ3) is 2.60. The molecular formula is C18H13Br2ClFN3O. The molecule has 134 valence electrons. The van der Waals surface area contributed by atoms with Gasteiger partial charge in [0.2, 0.25) is 5.96 Å². The zero-order valence-electron chi connectivity index (χ0n) is 13.9.